The quantitative estimate of drug-likeness (QED) is 0.798. The zero-order chi connectivity index (χ0) is 13.5. The highest BCUT2D eigenvalue weighted by molar-refractivity contribution is 5.32. The molecule has 0 fully saturated rings. The first-order valence-electron chi connectivity index (χ1n) is 7.16. The Morgan fingerprint density at radius 3 is 2.95 bits per heavy atom. The number of rotatable bonds is 6. The highest BCUT2D eigenvalue weighted by atomic mass is 16.3. The lowest BCUT2D eigenvalue weighted by atomic mass is 9.86. The average Bonchev–Trinajstić information content (AvgIpc) is 2.46. The van der Waals surface area contributed by atoms with Crippen LogP contribution in [0.4, 0.5) is 0 Å². The molecule has 0 aliphatic heterocycles. The molecule has 0 bridgehead atoms. The van der Waals surface area contributed by atoms with Gasteiger partial charge >= 0.3 is 0 Å². The van der Waals surface area contributed by atoms with E-state index in [1.165, 1.54) is 17.5 Å². The number of aryl methyl sites for hydroxylation is 1. The molecule has 3 heteroatoms. The maximum absolute atomic E-state index is 9.27. The number of hydrogen-bond acceptors (Lipinski definition) is 3. The van der Waals surface area contributed by atoms with Crippen molar-refractivity contribution in [2.75, 3.05) is 19.7 Å². The van der Waals surface area contributed by atoms with Crippen LogP contribution in [0.2, 0.25) is 0 Å². The molecule has 0 radical (unpaired) electrons. The summed E-state index contributed by atoms with van der Waals surface area (Å²) in [6.07, 6.45) is 5.01. The number of nitriles is 1. The fourth-order valence-electron chi connectivity index (χ4n) is 3.02. The molecule has 0 spiro atoms. The third-order valence-corrected chi connectivity index (χ3v) is 3.90. The molecule has 1 atom stereocenters. The zero-order valence-corrected chi connectivity index (χ0v) is 11.4. The van der Waals surface area contributed by atoms with Crippen molar-refractivity contribution in [3.05, 3.63) is 35.4 Å². The lowest BCUT2D eigenvalue weighted by Crippen LogP contribution is -2.34. The Bertz CT molecular complexity index is 439. The maximum atomic E-state index is 9.27. The molecule has 1 aliphatic carbocycles. The lowest BCUT2D eigenvalue weighted by Gasteiger charge is -2.35. The molecule has 3 nitrogen and oxygen atoms in total. The van der Waals surface area contributed by atoms with Crippen LogP contribution >= 0.6 is 0 Å². The SMILES string of the molecule is N#CCCCN(CCO)C1CCCc2ccccc21. The molecule has 102 valence electrons. The van der Waals surface area contributed by atoms with E-state index in [9.17, 15) is 5.11 Å². The van der Waals surface area contributed by atoms with E-state index in [1.807, 2.05) is 0 Å². The Labute approximate surface area is 115 Å². The Hall–Kier alpha value is -1.37. The van der Waals surface area contributed by atoms with Gasteiger partial charge < -0.3 is 5.11 Å². The van der Waals surface area contributed by atoms with E-state index in [0.29, 0.717) is 19.0 Å². The number of unbranched alkanes of at least 4 members (excludes halogenated alkanes) is 1. The molecule has 1 unspecified atom stereocenters. The van der Waals surface area contributed by atoms with Crippen LogP contribution < -0.4 is 0 Å². The van der Waals surface area contributed by atoms with E-state index < -0.39 is 0 Å². The van der Waals surface area contributed by atoms with Crippen molar-refractivity contribution in [2.45, 2.75) is 38.1 Å². The highest BCUT2D eigenvalue weighted by Gasteiger charge is 2.24. The van der Waals surface area contributed by atoms with Gasteiger partial charge in [-0.1, -0.05) is 24.3 Å². The smallest absolute Gasteiger partial charge is 0.0622 e. The third kappa shape index (κ3) is 3.56. The normalized spacial score (nSPS) is 18.1. The number of aliphatic hydroxyl groups is 1. The van der Waals surface area contributed by atoms with Crippen LogP contribution in [0.5, 0.6) is 0 Å². The van der Waals surface area contributed by atoms with Crippen molar-refractivity contribution < 1.29 is 5.11 Å². The van der Waals surface area contributed by atoms with E-state index in [2.05, 4.69) is 35.2 Å². The minimum absolute atomic E-state index is 0.186. The van der Waals surface area contributed by atoms with Crippen molar-refractivity contribution in [1.82, 2.24) is 4.90 Å². The second kappa shape index (κ2) is 7.28. The van der Waals surface area contributed by atoms with Gasteiger partial charge in [0, 0.05) is 19.0 Å². The summed E-state index contributed by atoms with van der Waals surface area (Å²) in [5, 5.41) is 17.9. The molecule has 1 aliphatic rings. The largest absolute Gasteiger partial charge is 0.395 e. The standard InChI is InChI=1S/C16H22N2O/c17-10-3-4-11-18(12-13-19)16-9-5-7-14-6-1-2-8-15(14)16/h1-2,6,8,16,19H,3-5,7,9,11-13H2. The Morgan fingerprint density at radius 2 is 2.16 bits per heavy atom. The fourth-order valence-corrected chi connectivity index (χ4v) is 3.02. The van der Waals surface area contributed by atoms with Crippen LogP contribution in [-0.2, 0) is 6.42 Å². The summed E-state index contributed by atoms with van der Waals surface area (Å²) < 4.78 is 0. The Kier molecular flexibility index (Phi) is 5.38. The van der Waals surface area contributed by atoms with E-state index in [4.69, 9.17) is 5.26 Å². The van der Waals surface area contributed by atoms with Crippen LogP contribution in [-0.4, -0.2) is 29.7 Å². The van der Waals surface area contributed by atoms with Crippen LogP contribution in [0.25, 0.3) is 0 Å². The monoisotopic (exact) mass is 258 g/mol. The second-order valence-electron chi connectivity index (χ2n) is 5.13. The predicted molar refractivity (Wildman–Crippen MR) is 75.6 cm³/mol. The van der Waals surface area contributed by atoms with Crippen LogP contribution in [0, 0.1) is 11.3 Å². The molecule has 0 saturated heterocycles. The zero-order valence-electron chi connectivity index (χ0n) is 11.4. The molecule has 0 heterocycles. The van der Waals surface area contributed by atoms with Gasteiger partial charge in [-0.2, -0.15) is 5.26 Å². The summed E-state index contributed by atoms with van der Waals surface area (Å²) in [5.41, 5.74) is 2.86. The van der Waals surface area contributed by atoms with Gasteiger partial charge in [0.25, 0.3) is 0 Å². The fraction of sp³-hybridized carbons (Fsp3) is 0.562. The van der Waals surface area contributed by atoms with E-state index in [-0.39, 0.29) is 6.61 Å². The Morgan fingerprint density at radius 1 is 1.32 bits per heavy atom. The number of aliphatic hydroxyl groups excluding tert-OH is 1. The summed E-state index contributed by atoms with van der Waals surface area (Å²) in [4.78, 5) is 2.34. The van der Waals surface area contributed by atoms with Gasteiger partial charge in [0.2, 0.25) is 0 Å². The highest BCUT2D eigenvalue weighted by Crippen LogP contribution is 2.34. The first-order valence-corrected chi connectivity index (χ1v) is 7.16. The van der Waals surface area contributed by atoms with Gasteiger partial charge in [-0.05, 0) is 43.4 Å². The first-order chi connectivity index (χ1) is 9.36. The van der Waals surface area contributed by atoms with Gasteiger partial charge in [-0.25, -0.2) is 0 Å². The predicted octanol–water partition coefficient (Wildman–Crippen LogP) is 2.66. The molecule has 0 aromatic heterocycles. The second-order valence-corrected chi connectivity index (χ2v) is 5.13. The third-order valence-electron chi connectivity index (χ3n) is 3.90. The molecular formula is C16H22N2O. The van der Waals surface area contributed by atoms with Gasteiger partial charge in [-0.3, -0.25) is 4.90 Å². The molecule has 0 amide bonds. The van der Waals surface area contributed by atoms with Crippen molar-refractivity contribution in [3.8, 4) is 6.07 Å². The average molecular weight is 258 g/mol. The van der Waals surface area contributed by atoms with Gasteiger partial charge in [0.1, 0.15) is 0 Å². The van der Waals surface area contributed by atoms with Crippen LogP contribution in [0.15, 0.2) is 24.3 Å². The topological polar surface area (TPSA) is 47.3 Å². The van der Waals surface area contributed by atoms with Crippen molar-refractivity contribution in [2.24, 2.45) is 0 Å². The van der Waals surface area contributed by atoms with Crippen molar-refractivity contribution >= 4 is 0 Å². The molecule has 2 rings (SSSR count). The van der Waals surface area contributed by atoms with E-state index >= 15 is 0 Å². The number of nitrogens with zero attached hydrogens (tertiary/aromatic N) is 2. The lowest BCUT2D eigenvalue weighted by molar-refractivity contribution is 0.137. The first kappa shape index (κ1) is 14.0. The maximum Gasteiger partial charge on any atom is 0.0622 e. The summed E-state index contributed by atoms with van der Waals surface area (Å²) in [6.45, 7) is 1.78. The van der Waals surface area contributed by atoms with Crippen molar-refractivity contribution in [1.29, 1.82) is 5.26 Å². The minimum atomic E-state index is 0.186. The van der Waals surface area contributed by atoms with Gasteiger partial charge in [0.05, 0.1) is 12.7 Å². The summed E-state index contributed by atoms with van der Waals surface area (Å²) in [7, 11) is 0. The molecule has 1 N–H and O–H groups in total. The number of hydrogen-bond donors (Lipinski definition) is 1. The van der Waals surface area contributed by atoms with Gasteiger partial charge in [0.15, 0.2) is 0 Å². The summed E-state index contributed by atoms with van der Waals surface area (Å²) >= 11 is 0. The number of fused-ring (bicyclic) bond motifs is 1. The molecule has 1 aromatic carbocycles. The van der Waals surface area contributed by atoms with E-state index in [1.54, 1.807) is 0 Å². The van der Waals surface area contributed by atoms with Crippen LogP contribution in [0.1, 0.15) is 42.9 Å². The molecule has 19 heavy (non-hydrogen) atoms. The molecule has 0 saturated carbocycles. The minimum Gasteiger partial charge on any atom is -0.395 e. The molecule has 1 aromatic rings. The molecular weight excluding hydrogens is 236 g/mol. The summed E-state index contributed by atoms with van der Waals surface area (Å²) in [5.74, 6) is 0. The van der Waals surface area contributed by atoms with Crippen molar-refractivity contribution in [3.63, 3.8) is 0 Å². The van der Waals surface area contributed by atoms with Crippen LogP contribution in [0.3, 0.4) is 0 Å². The Balaban J connectivity index is 2.11. The number of benzene rings is 1. The summed E-state index contributed by atoms with van der Waals surface area (Å²) in [6, 6.07) is 11.2. The van der Waals surface area contributed by atoms with Gasteiger partial charge in [-0.15, -0.1) is 0 Å². The van der Waals surface area contributed by atoms with E-state index in [0.717, 1.165) is 25.8 Å².